The highest BCUT2D eigenvalue weighted by molar-refractivity contribution is 5.93. The lowest BCUT2D eigenvalue weighted by Crippen LogP contribution is -2.33. The van der Waals surface area contributed by atoms with E-state index in [0.717, 1.165) is 24.3 Å². The molecule has 0 unspecified atom stereocenters. The molecule has 1 aliphatic heterocycles. The fourth-order valence-corrected chi connectivity index (χ4v) is 4.05. The van der Waals surface area contributed by atoms with E-state index in [0.29, 0.717) is 24.9 Å². The van der Waals surface area contributed by atoms with Crippen molar-refractivity contribution in [2.24, 2.45) is 11.7 Å². The Balaban J connectivity index is 0.00000280. The van der Waals surface area contributed by atoms with E-state index in [2.05, 4.69) is 61.3 Å². The van der Waals surface area contributed by atoms with Gasteiger partial charge in [-0.2, -0.15) is 0 Å². The largest absolute Gasteiger partial charge is 0.330 e. The molecule has 0 spiro atoms. The van der Waals surface area contributed by atoms with Crippen molar-refractivity contribution in [3.63, 3.8) is 0 Å². The highest BCUT2D eigenvalue weighted by atomic mass is 35.5. The van der Waals surface area contributed by atoms with Crippen molar-refractivity contribution < 1.29 is 4.79 Å². The predicted molar refractivity (Wildman–Crippen MR) is 119 cm³/mol. The van der Waals surface area contributed by atoms with Crippen LogP contribution < -0.4 is 11.1 Å². The van der Waals surface area contributed by atoms with Crippen molar-refractivity contribution >= 4 is 24.0 Å². The van der Waals surface area contributed by atoms with Crippen LogP contribution in [0.4, 0.5) is 5.69 Å². The average Bonchev–Trinajstić information content (AvgIpc) is 3.04. The molecule has 3 N–H and O–H groups in total. The van der Waals surface area contributed by atoms with Gasteiger partial charge in [0.05, 0.1) is 6.54 Å². The van der Waals surface area contributed by atoms with Gasteiger partial charge in [-0.05, 0) is 35.1 Å². The molecule has 0 radical (unpaired) electrons. The molecule has 1 amide bonds. The first-order chi connectivity index (χ1) is 12.9. The molecule has 2 atom stereocenters. The van der Waals surface area contributed by atoms with Gasteiger partial charge in [-0.25, -0.2) is 0 Å². The Morgan fingerprint density at radius 1 is 1.07 bits per heavy atom. The average molecular weight is 402 g/mol. The SMILES string of the molecule is CC(C)(C)c1ccccc1NC(=O)CN1C[C@@H](CN)[C@H](c2ccccc2)C1.Cl. The van der Waals surface area contributed by atoms with Crippen molar-refractivity contribution in [1.82, 2.24) is 4.90 Å². The summed E-state index contributed by atoms with van der Waals surface area (Å²) in [6.07, 6.45) is 0. The molecule has 0 aromatic heterocycles. The van der Waals surface area contributed by atoms with Gasteiger partial charge < -0.3 is 11.1 Å². The summed E-state index contributed by atoms with van der Waals surface area (Å²) in [5, 5.41) is 3.12. The summed E-state index contributed by atoms with van der Waals surface area (Å²) < 4.78 is 0. The number of benzene rings is 2. The van der Waals surface area contributed by atoms with Crippen molar-refractivity contribution in [2.75, 3.05) is 31.5 Å². The summed E-state index contributed by atoms with van der Waals surface area (Å²) in [5.41, 5.74) is 9.38. The second kappa shape index (κ2) is 9.55. The number of amides is 1. The number of nitrogens with one attached hydrogen (secondary N) is 1. The summed E-state index contributed by atoms with van der Waals surface area (Å²) in [5.74, 6) is 0.823. The highest BCUT2D eigenvalue weighted by Crippen LogP contribution is 2.32. The number of rotatable bonds is 5. The molecule has 0 bridgehead atoms. The molecule has 5 heteroatoms. The van der Waals surface area contributed by atoms with Gasteiger partial charge in [-0.3, -0.25) is 9.69 Å². The molecule has 2 aromatic rings. The standard InChI is InChI=1S/C23H31N3O.ClH/c1-23(2,3)20-11-7-8-12-21(20)25-22(27)16-26-14-18(13-24)19(15-26)17-9-5-4-6-10-17;/h4-12,18-19H,13-16,24H2,1-3H3,(H,25,27);1H/t18-,19+;/m1./s1. The van der Waals surface area contributed by atoms with E-state index in [1.165, 1.54) is 5.56 Å². The van der Waals surface area contributed by atoms with Crippen molar-refractivity contribution in [3.05, 3.63) is 65.7 Å². The monoisotopic (exact) mass is 401 g/mol. The van der Waals surface area contributed by atoms with Crippen LogP contribution in [-0.2, 0) is 10.2 Å². The van der Waals surface area contributed by atoms with E-state index in [1.54, 1.807) is 0 Å². The molecule has 3 rings (SSSR count). The van der Waals surface area contributed by atoms with Crippen LogP contribution in [0.2, 0.25) is 0 Å². The zero-order chi connectivity index (χ0) is 19.4. The quantitative estimate of drug-likeness (QED) is 0.795. The predicted octanol–water partition coefficient (Wildman–Crippen LogP) is 4.02. The van der Waals surface area contributed by atoms with Crippen LogP contribution in [0, 0.1) is 5.92 Å². The van der Waals surface area contributed by atoms with E-state index < -0.39 is 0 Å². The van der Waals surface area contributed by atoms with Crippen LogP contribution >= 0.6 is 12.4 Å². The number of halogens is 1. The second-order valence-electron chi connectivity index (χ2n) is 8.55. The topological polar surface area (TPSA) is 58.4 Å². The molecule has 1 saturated heterocycles. The molecule has 2 aromatic carbocycles. The van der Waals surface area contributed by atoms with Gasteiger partial charge in [0.2, 0.25) is 5.91 Å². The number of anilines is 1. The van der Waals surface area contributed by atoms with Gasteiger partial charge in [0.15, 0.2) is 0 Å². The Bertz CT molecular complexity index is 773. The normalized spacial score (nSPS) is 19.9. The number of nitrogens with zero attached hydrogens (tertiary/aromatic N) is 1. The summed E-state index contributed by atoms with van der Waals surface area (Å²) in [4.78, 5) is 14.9. The minimum absolute atomic E-state index is 0. The van der Waals surface area contributed by atoms with Crippen LogP contribution in [0.3, 0.4) is 0 Å². The third-order valence-electron chi connectivity index (χ3n) is 5.42. The van der Waals surface area contributed by atoms with Crippen LogP contribution in [0.1, 0.15) is 37.8 Å². The van der Waals surface area contributed by atoms with Gasteiger partial charge in [-0.15, -0.1) is 12.4 Å². The molecular weight excluding hydrogens is 370 g/mol. The molecule has 152 valence electrons. The third-order valence-corrected chi connectivity index (χ3v) is 5.42. The molecule has 4 nitrogen and oxygen atoms in total. The van der Waals surface area contributed by atoms with E-state index in [4.69, 9.17) is 5.73 Å². The molecule has 0 aliphatic carbocycles. The Labute approximate surface area is 174 Å². The zero-order valence-electron chi connectivity index (χ0n) is 17.0. The maximum atomic E-state index is 12.7. The summed E-state index contributed by atoms with van der Waals surface area (Å²) in [6.45, 7) is 9.27. The second-order valence-corrected chi connectivity index (χ2v) is 8.55. The van der Waals surface area contributed by atoms with Crippen molar-refractivity contribution in [3.8, 4) is 0 Å². The lowest BCUT2D eigenvalue weighted by molar-refractivity contribution is -0.117. The van der Waals surface area contributed by atoms with E-state index in [1.807, 2.05) is 24.3 Å². The molecular formula is C23H32ClN3O. The molecule has 1 aliphatic rings. The van der Waals surface area contributed by atoms with Crippen molar-refractivity contribution in [2.45, 2.75) is 32.1 Å². The highest BCUT2D eigenvalue weighted by Gasteiger charge is 2.33. The summed E-state index contributed by atoms with van der Waals surface area (Å²) in [7, 11) is 0. The lowest BCUT2D eigenvalue weighted by Gasteiger charge is -2.23. The maximum Gasteiger partial charge on any atom is 0.238 e. The number of likely N-dealkylation sites (tertiary alicyclic amines) is 1. The number of carbonyl (C=O) groups excluding carboxylic acids is 1. The summed E-state index contributed by atoms with van der Waals surface area (Å²) in [6, 6.07) is 18.6. The molecule has 1 fully saturated rings. The number of para-hydroxylation sites is 1. The van der Waals surface area contributed by atoms with E-state index in [-0.39, 0.29) is 23.7 Å². The Hall–Kier alpha value is -1.88. The molecule has 1 heterocycles. The molecule has 0 saturated carbocycles. The number of hydrogen-bond donors (Lipinski definition) is 2. The fourth-order valence-electron chi connectivity index (χ4n) is 4.05. The van der Waals surface area contributed by atoms with E-state index >= 15 is 0 Å². The minimum atomic E-state index is -0.0133. The van der Waals surface area contributed by atoms with Gasteiger partial charge >= 0.3 is 0 Å². The smallest absolute Gasteiger partial charge is 0.238 e. The number of nitrogens with two attached hydrogens (primary N) is 1. The van der Waals surface area contributed by atoms with Crippen LogP contribution in [0.15, 0.2) is 54.6 Å². The third kappa shape index (κ3) is 5.34. The van der Waals surface area contributed by atoms with Crippen LogP contribution in [0.5, 0.6) is 0 Å². The zero-order valence-corrected chi connectivity index (χ0v) is 17.8. The van der Waals surface area contributed by atoms with Gasteiger partial charge in [0.25, 0.3) is 0 Å². The Morgan fingerprint density at radius 3 is 2.36 bits per heavy atom. The Morgan fingerprint density at radius 2 is 1.71 bits per heavy atom. The van der Waals surface area contributed by atoms with Crippen LogP contribution in [0.25, 0.3) is 0 Å². The van der Waals surface area contributed by atoms with Crippen LogP contribution in [-0.4, -0.2) is 37.0 Å². The van der Waals surface area contributed by atoms with Crippen molar-refractivity contribution in [1.29, 1.82) is 0 Å². The number of carbonyl (C=O) groups is 1. The van der Waals surface area contributed by atoms with Gasteiger partial charge in [0.1, 0.15) is 0 Å². The van der Waals surface area contributed by atoms with E-state index in [9.17, 15) is 4.79 Å². The Kier molecular flexibility index (Phi) is 7.64. The fraction of sp³-hybridized carbons (Fsp3) is 0.435. The minimum Gasteiger partial charge on any atom is -0.330 e. The number of hydrogen-bond acceptors (Lipinski definition) is 3. The first kappa shape index (κ1) is 22.4. The lowest BCUT2D eigenvalue weighted by atomic mass is 9.86. The molecule has 28 heavy (non-hydrogen) atoms. The maximum absolute atomic E-state index is 12.7. The van der Waals surface area contributed by atoms with Gasteiger partial charge in [-0.1, -0.05) is 69.3 Å². The first-order valence-corrected chi connectivity index (χ1v) is 9.75. The summed E-state index contributed by atoms with van der Waals surface area (Å²) >= 11 is 0. The first-order valence-electron chi connectivity index (χ1n) is 9.75. The van der Waals surface area contributed by atoms with Gasteiger partial charge in [0, 0.05) is 24.7 Å².